The predicted molar refractivity (Wildman–Crippen MR) is 76.6 cm³/mol. The number of nitro groups is 1. The van der Waals surface area contributed by atoms with E-state index < -0.39 is 22.2 Å². The summed E-state index contributed by atoms with van der Waals surface area (Å²) >= 11 is 1.62. The number of thiophene rings is 1. The SMILES string of the molecule is O=[N+]([O-])c1ccc(F)c(F)c1NC1CCCc2sccc21. The third kappa shape index (κ3) is 2.49. The first-order valence-electron chi connectivity index (χ1n) is 6.53. The molecule has 1 heterocycles. The molecule has 1 atom stereocenters. The lowest BCUT2D eigenvalue weighted by Crippen LogP contribution is -2.17. The summed E-state index contributed by atoms with van der Waals surface area (Å²) in [5.41, 5.74) is 0.199. The number of aryl methyl sites for hydroxylation is 1. The van der Waals surface area contributed by atoms with Crippen LogP contribution in [0.1, 0.15) is 29.3 Å². The summed E-state index contributed by atoms with van der Waals surface area (Å²) in [5.74, 6) is -2.30. The molecule has 0 amide bonds. The molecule has 3 rings (SSSR count). The summed E-state index contributed by atoms with van der Waals surface area (Å²) in [4.78, 5) is 11.5. The summed E-state index contributed by atoms with van der Waals surface area (Å²) in [6.07, 6.45) is 2.60. The topological polar surface area (TPSA) is 55.2 Å². The van der Waals surface area contributed by atoms with E-state index in [1.165, 1.54) is 4.88 Å². The second-order valence-corrected chi connectivity index (χ2v) is 5.90. The van der Waals surface area contributed by atoms with Gasteiger partial charge in [0.05, 0.1) is 11.0 Å². The van der Waals surface area contributed by atoms with Gasteiger partial charge in [-0.05, 0) is 42.3 Å². The molecule has 110 valence electrons. The molecule has 1 aliphatic carbocycles. The molecule has 0 fully saturated rings. The normalized spacial score (nSPS) is 17.3. The minimum atomic E-state index is -1.20. The molecule has 1 aliphatic rings. The van der Waals surface area contributed by atoms with Crippen molar-refractivity contribution in [2.45, 2.75) is 25.3 Å². The minimum absolute atomic E-state index is 0.227. The van der Waals surface area contributed by atoms with Crippen LogP contribution in [0.2, 0.25) is 0 Å². The van der Waals surface area contributed by atoms with Gasteiger partial charge in [0.2, 0.25) is 0 Å². The second-order valence-electron chi connectivity index (χ2n) is 4.90. The number of hydrogen-bond acceptors (Lipinski definition) is 4. The lowest BCUT2D eigenvalue weighted by Gasteiger charge is -2.24. The van der Waals surface area contributed by atoms with Crippen molar-refractivity contribution >= 4 is 22.7 Å². The Morgan fingerprint density at radius 2 is 2.14 bits per heavy atom. The summed E-state index contributed by atoms with van der Waals surface area (Å²) in [6, 6.07) is 3.46. The highest BCUT2D eigenvalue weighted by Gasteiger charge is 2.27. The largest absolute Gasteiger partial charge is 0.370 e. The first-order valence-corrected chi connectivity index (χ1v) is 7.41. The zero-order valence-electron chi connectivity index (χ0n) is 10.9. The monoisotopic (exact) mass is 310 g/mol. The number of hydrogen-bond donors (Lipinski definition) is 1. The van der Waals surface area contributed by atoms with Gasteiger partial charge in [-0.25, -0.2) is 8.78 Å². The van der Waals surface area contributed by atoms with Gasteiger partial charge in [0.1, 0.15) is 0 Å². The van der Waals surface area contributed by atoms with Crippen LogP contribution in [0.25, 0.3) is 0 Å². The van der Waals surface area contributed by atoms with Gasteiger partial charge in [0.15, 0.2) is 17.3 Å². The molecule has 1 N–H and O–H groups in total. The number of anilines is 1. The van der Waals surface area contributed by atoms with Crippen LogP contribution in [0, 0.1) is 21.7 Å². The number of fused-ring (bicyclic) bond motifs is 1. The van der Waals surface area contributed by atoms with Gasteiger partial charge in [0, 0.05) is 10.9 Å². The number of nitrogens with one attached hydrogen (secondary N) is 1. The van der Waals surface area contributed by atoms with E-state index in [0.717, 1.165) is 37.0 Å². The van der Waals surface area contributed by atoms with Gasteiger partial charge in [-0.15, -0.1) is 11.3 Å². The standard InChI is InChI=1S/C14H12F2N2O2S/c15-9-4-5-11(18(19)20)14(13(9)16)17-10-2-1-3-12-8(10)6-7-21-12/h4-7,10,17H,1-3H2. The molecular weight excluding hydrogens is 298 g/mol. The van der Waals surface area contributed by atoms with Crippen LogP contribution in [-0.2, 0) is 6.42 Å². The lowest BCUT2D eigenvalue weighted by atomic mass is 9.93. The van der Waals surface area contributed by atoms with Crippen molar-refractivity contribution in [3.05, 3.63) is 55.8 Å². The third-order valence-corrected chi connectivity index (χ3v) is 4.64. The van der Waals surface area contributed by atoms with Gasteiger partial charge in [-0.1, -0.05) is 0 Å². The maximum Gasteiger partial charge on any atom is 0.295 e. The molecule has 0 bridgehead atoms. The first kappa shape index (κ1) is 13.9. The van der Waals surface area contributed by atoms with Crippen molar-refractivity contribution in [3.8, 4) is 0 Å². The molecule has 1 aromatic carbocycles. The van der Waals surface area contributed by atoms with Gasteiger partial charge in [0.25, 0.3) is 5.69 Å². The van der Waals surface area contributed by atoms with E-state index in [2.05, 4.69) is 5.32 Å². The maximum atomic E-state index is 13.9. The Labute approximate surface area is 123 Å². The molecule has 2 aromatic rings. The fourth-order valence-electron chi connectivity index (χ4n) is 2.64. The van der Waals surface area contributed by atoms with E-state index >= 15 is 0 Å². The summed E-state index contributed by atoms with van der Waals surface area (Å²) in [5, 5.41) is 15.8. The molecule has 21 heavy (non-hydrogen) atoms. The number of benzene rings is 1. The average molecular weight is 310 g/mol. The predicted octanol–water partition coefficient (Wildman–Crippen LogP) is 4.42. The number of halogens is 2. The van der Waals surface area contributed by atoms with Gasteiger partial charge in [-0.3, -0.25) is 10.1 Å². The molecule has 7 heteroatoms. The quantitative estimate of drug-likeness (QED) is 0.674. The Balaban J connectivity index is 2.00. The molecule has 0 aliphatic heterocycles. The average Bonchev–Trinajstić information content (AvgIpc) is 2.93. The highest BCUT2D eigenvalue weighted by molar-refractivity contribution is 7.10. The van der Waals surface area contributed by atoms with E-state index in [4.69, 9.17) is 0 Å². The Kier molecular flexibility index (Phi) is 3.59. The Hall–Kier alpha value is -2.02. The third-order valence-electron chi connectivity index (χ3n) is 3.64. The Bertz CT molecular complexity index is 702. The van der Waals surface area contributed by atoms with E-state index in [1.54, 1.807) is 11.3 Å². The van der Waals surface area contributed by atoms with Gasteiger partial charge < -0.3 is 5.32 Å². The number of nitrogens with zero attached hydrogens (tertiary/aromatic N) is 1. The van der Waals surface area contributed by atoms with Crippen LogP contribution in [0.5, 0.6) is 0 Å². The lowest BCUT2D eigenvalue weighted by molar-refractivity contribution is -0.384. The van der Waals surface area contributed by atoms with Gasteiger partial charge in [-0.2, -0.15) is 0 Å². The first-order chi connectivity index (χ1) is 10.1. The maximum absolute atomic E-state index is 13.9. The van der Waals surface area contributed by atoms with Crippen molar-refractivity contribution in [1.29, 1.82) is 0 Å². The van der Waals surface area contributed by atoms with Crippen molar-refractivity contribution in [2.75, 3.05) is 5.32 Å². The summed E-state index contributed by atoms with van der Waals surface area (Å²) in [7, 11) is 0. The van der Waals surface area contributed by atoms with E-state index in [-0.39, 0.29) is 11.7 Å². The Morgan fingerprint density at radius 3 is 2.90 bits per heavy atom. The smallest absolute Gasteiger partial charge is 0.295 e. The van der Waals surface area contributed by atoms with Crippen LogP contribution < -0.4 is 5.32 Å². The zero-order chi connectivity index (χ0) is 15.0. The highest BCUT2D eigenvalue weighted by Crippen LogP contribution is 2.38. The van der Waals surface area contributed by atoms with Crippen LogP contribution in [0.15, 0.2) is 23.6 Å². The molecule has 0 spiro atoms. The van der Waals surface area contributed by atoms with E-state index in [0.29, 0.717) is 0 Å². The fourth-order valence-corrected chi connectivity index (χ4v) is 3.63. The van der Waals surface area contributed by atoms with E-state index in [1.807, 2.05) is 11.4 Å². The van der Waals surface area contributed by atoms with Crippen molar-refractivity contribution in [2.24, 2.45) is 0 Å². The molecule has 1 unspecified atom stereocenters. The van der Waals surface area contributed by atoms with E-state index in [9.17, 15) is 18.9 Å². The molecular formula is C14H12F2N2O2S. The molecule has 1 aromatic heterocycles. The molecule has 0 saturated heterocycles. The van der Waals surface area contributed by atoms with Crippen LogP contribution in [-0.4, -0.2) is 4.92 Å². The zero-order valence-corrected chi connectivity index (χ0v) is 11.8. The molecule has 0 radical (unpaired) electrons. The van der Waals surface area contributed by atoms with Crippen molar-refractivity contribution < 1.29 is 13.7 Å². The second kappa shape index (κ2) is 5.40. The van der Waals surface area contributed by atoms with Gasteiger partial charge >= 0.3 is 0 Å². The molecule has 4 nitrogen and oxygen atoms in total. The summed E-state index contributed by atoms with van der Waals surface area (Å²) in [6.45, 7) is 0. The molecule has 0 saturated carbocycles. The van der Waals surface area contributed by atoms with Crippen LogP contribution in [0.3, 0.4) is 0 Å². The number of nitro benzene ring substituents is 1. The number of rotatable bonds is 3. The fraction of sp³-hybridized carbons (Fsp3) is 0.286. The van der Waals surface area contributed by atoms with Crippen molar-refractivity contribution in [1.82, 2.24) is 0 Å². The minimum Gasteiger partial charge on any atom is -0.370 e. The van der Waals surface area contributed by atoms with Crippen LogP contribution in [0.4, 0.5) is 20.2 Å². The van der Waals surface area contributed by atoms with Crippen molar-refractivity contribution in [3.63, 3.8) is 0 Å². The Morgan fingerprint density at radius 1 is 1.33 bits per heavy atom. The highest BCUT2D eigenvalue weighted by atomic mass is 32.1. The summed E-state index contributed by atoms with van der Waals surface area (Å²) < 4.78 is 27.3. The van der Waals surface area contributed by atoms with Crippen LogP contribution >= 0.6 is 11.3 Å².